The summed E-state index contributed by atoms with van der Waals surface area (Å²) in [4.78, 5) is 12.1. The molecule has 0 aliphatic heterocycles. The van der Waals surface area contributed by atoms with Gasteiger partial charge in [-0.3, -0.25) is 4.79 Å². The van der Waals surface area contributed by atoms with Crippen molar-refractivity contribution >= 4 is 5.91 Å². The molecule has 2 unspecified atom stereocenters. The second-order valence-electron chi connectivity index (χ2n) is 6.32. The molecule has 0 spiro atoms. The topological polar surface area (TPSA) is 72.9 Å². The summed E-state index contributed by atoms with van der Waals surface area (Å²) in [5.41, 5.74) is 8.12. The number of nitrogens with two attached hydrogens (primary N) is 1. The summed E-state index contributed by atoms with van der Waals surface area (Å²) < 4.78 is 1.82. The summed E-state index contributed by atoms with van der Waals surface area (Å²) in [6, 6.07) is 10.1. The van der Waals surface area contributed by atoms with Crippen LogP contribution in [0.1, 0.15) is 37.7 Å². The van der Waals surface area contributed by atoms with Crippen LogP contribution >= 0.6 is 0 Å². The van der Waals surface area contributed by atoms with E-state index >= 15 is 0 Å². The normalized spacial score (nSPS) is 21.1. The van der Waals surface area contributed by atoms with Gasteiger partial charge >= 0.3 is 0 Å². The van der Waals surface area contributed by atoms with Crippen molar-refractivity contribution in [1.82, 2.24) is 15.1 Å². The smallest absolute Gasteiger partial charge is 0.220 e. The van der Waals surface area contributed by atoms with Gasteiger partial charge in [-0.05, 0) is 30.9 Å². The van der Waals surface area contributed by atoms with E-state index in [1.54, 1.807) is 6.20 Å². The molecule has 2 atom stereocenters. The Hall–Kier alpha value is -2.14. The first-order valence-corrected chi connectivity index (χ1v) is 8.33. The number of carbonyl (C=O) groups is 1. The van der Waals surface area contributed by atoms with Crippen molar-refractivity contribution in [1.29, 1.82) is 0 Å². The Labute approximate surface area is 136 Å². The lowest BCUT2D eigenvalue weighted by Crippen LogP contribution is -2.36. The zero-order valence-electron chi connectivity index (χ0n) is 13.3. The van der Waals surface area contributed by atoms with Gasteiger partial charge in [-0.25, -0.2) is 4.68 Å². The minimum atomic E-state index is 0.0832. The highest BCUT2D eigenvalue weighted by atomic mass is 16.1. The standard InChI is InChI=1S/C18H24N4O/c19-17-9-5-4-6-15(17)10-18(23)20-11-14-12-21-22(13-14)16-7-2-1-3-8-16/h1-3,7-8,12-13,15,17H,4-6,9-11,19H2,(H,20,23). The van der Waals surface area contributed by atoms with E-state index in [-0.39, 0.29) is 11.9 Å². The molecule has 1 saturated carbocycles. The van der Waals surface area contributed by atoms with Gasteiger partial charge in [-0.2, -0.15) is 5.10 Å². The molecule has 0 bridgehead atoms. The van der Waals surface area contributed by atoms with Crippen molar-refractivity contribution in [3.05, 3.63) is 48.3 Å². The lowest BCUT2D eigenvalue weighted by molar-refractivity contribution is -0.122. The average molecular weight is 312 g/mol. The van der Waals surface area contributed by atoms with Gasteiger partial charge in [0.2, 0.25) is 5.91 Å². The highest BCUT2D eigenvalue weighted by molar-refractivity contribution is 5.76. The number of benzene rings is 1. The number of carbonyl (C=O) groups excluding carboxylic acids is 1. The quantitative estimate of drug-likeness (QED) is 0.890. The van der Waals surface area contributed by atoms with E-state index in [9.17, 15) is 4.79 Å². The fourth-order valence-electron chi connectivity index (χ4n) is 3.17. The molecule has 3 N–H and O–H groups in total. The van der Waals surface area contributed by atoms with Crippen LogP contribution in [-0.2, 0) is 11.3 Å². The minimum absolute atomic E-state index is 0.0832. The molecule has 5 nitrogen and oxygen atoms in total. The first-order valence-electron chi connectivity index (χ1n) is 8.33. The van der Waals surface area contributed by atoms with E-state index in [4.69, 9.17) is 5.73 Å². The molecule has 5 heteroatoms. The molecule has 1 aromatic heterocycles. The number of nitrogens with zero attached hydrogens (tertiary/aromatic N) is 2. The molecule has 1 amide bonds. The first kappa shape index (κ1) is 15.7. The zero-order chi connectivity index (χ0) is 16.1. The van der Waals surface area contributed by atoms with Crippen molar-refractivity contribution in [3.8, 4) is 5.69 Å². The molecule has 1 fully saturated rings. The Morgan fingerprint density at radius 3 is 2.83 bits per heavy atom. The number of aromatic nitrogens is 2. The molecule has 3 rings (SSSR count). The highest BCUT2D eigenvalue weighted by Gasteiger charge is 2.23. The van der Waals surface area contributed by atoms with E-state index in [1.165, 1.54) is 12.8 Å². The second kappa shape index (κ2) is 7.42. The van der Waals surface area contributed by atoms with Crippen LogP contribution in [0.3, 0.4) is 0 Å². The maximum Gasteiger partial charge on any atom is 0.220 e. The molecule has 0 saturated heterocycles. The van der Waals surface area contributed by atoms with Gasteiger partial charge < -0.3 is 11.1 Å². The van der Waals surface area contributed by atoms with E-state index < -0.39 is 0 Å². The number of nitrogens with one attached hydrogen (secondary N) is 1. The summed E-state index contributed by atoms with van der Waals surface area (Å²) in [5, 5.41) is 7.32. The van der Waals surface area contributed by atoms with Crippen molar-refractivity contribution in [2.24, 2.45) is 11.7 Å². The number of para-hydroxylation sites is 1. The summed E-state index contributed by atoms with van der Waals surface area (Å²) in [6.45, 7) is 0.508. The van der Waals surface area contributed by atoms with E-state index in [2.05, 4.69) is 10.4 Å². The van der Waals surface area contributed by atoms with E-state index in [0.29, 0.717) is 18.9 Å². The largest absolute Gasteiger partial charge is 0.352 e. The Morgan fingerprint density at radius 1 is 1.26 bits per heavy atom. The van der Waals surface area contributed by atoms with Crippen molar-refractivity contribution < 1.29 is 4.79 Å². The molecule has 1 aromatic carbocycles. The Bertz CT molecular complexity index is 637. The number of rotatable bonds is 5. The van der Waals surface area contributed by atoms with Gasteiger partial charge in [0, 0.05) is 30.8 Å². The van der Waals surface area contributed by atoms with Gasteiger partial charge in [-0.15, -0.1) is 0 Å². The number of hydrogen-bond acceptors (Lipinski definition) is 3. The van der Waals surface area contributed by atoms with Crippen LogP contribution in [0.15, 0.2) is 42.7 Å². The van der Waals surface area contributed by atoms with Gasteiger partial charge in [0.25, 0.3) is 0 Å². The third-order valence-corrected chi connectivity index (χ3v) is 4.56. The minimum Gasteiger partial charge on any atom is -0.352 e. The fourth-order valence-corrected chi connectivity index (χ4v) is 3.17. The molecule has 122 valence electrons. The van der Waals surface area contributed by atoms with Crippen molar-refractivity contribution in [3.63, 3.8) is 0 Å². The molecule has 23 heavy (non-hydrogen) atoms. The second-order valence-corrected chi connectivity index (χ2v) is 6.32. The van der Waals surface area contributed by atoms with Crippen molar-refractivity contribution in [2.75, 3.05) is 0 Å². The number of hydrogen-bond donors (Lipinski definition) is 2. The molecule has 1 aliphatic carbocycles. The van der Waals surface area contributed by atoms with E-state index in [0.717, 1.165) is 24.1 Å². The Balaban J connectivity index is 1.50. The molecular formula is C18H24N4O. The van der Waals surface area contributed by atoms with Crippen LogP contribution in [0.2, 0.25) is 0 Å². The maximum atomic E-state index is 12.1. The van der Waals surface area contributed by atoms with Crippen LogP contribution in [-0.4, -0.2) is 21.7 Å². The SMILES string of the molecule is NC1CCCCC1CC(=O)NCc1cnn(-c2ccccc2)c1. The highest BCUT2D eigenvalue weighted by Crippen LogP contribution is 2.25. The molecule has 1 aliphatic rings. The number of amides is 1. The van der Waals surface area contributed by atoms with Crippen LogP contribution in [0.4, 0.5) is 0 Å². The summed E-state index contributed by atoms with van der Waals surface area (Å²) in [6.07, 6.45) is 8.77. The first-order chi connectivity index (χ1) is 11.2. The zero-order valence-corrected chi connectivity index (χ0v) is 13.3. The summed E-state index contributed by atoms with van der Waals surface area (Å²) in [5.74, 6) is 0.413. The van der Waals surface area contributed by atoms with Gasteiger partial charge in [0.1, 0.15) is 0 Å². The average Bonchev–Trinajstić information content (AvgIpc) is 3.05. The molecule has 2 aromatic rings. The van der Waals surface area contributed by atoms with Crippen LogP contribution in [0.25, 0.3) is 5.69 Å². The predicted molar refractivity (Wildman–Crippen MR) is 90.0 cm³/mol. The van der Waals surface area contributed by atoms with Gasteiger partial charge in [-0.1, -0.05) is 31.0 Å². The molecular weight excluding hydrogens is 288 g/mol. The molecule has 0 radical (unpaired) electrons. The third kappa shape index (κ3) is 4.20. The Kier molecular flexibility index (Phi) is 5.08. The maximum absolute atomic E-state index is 12.1. The molecule has 1 heterocycles. The van der Waals surface area contributed by atoms with Crippen LogP contribution in [0, 0.1) is 5.92 Å². The summed E-state index contributed by atoms with van der Waals surface area (Å²) in [7, 11) is 0. The summed E-state index contributed by atoms with van der Waals surface area (Å²) >= 11 is 0. The lowest BCUT2D eigenvalue weighted by Gasteiger charge is -2.27. The van der Waals surface area contributed by atoms with E-state index in [1.807, 2.05) is 41.2 Å². The third-order valence-electron chi connectivity index (χ3n) is 4.56. The van der Waals surface area contributed by atoms with Gasteiger partial charge in [0.15, 0.2) is 0 Å². The lowest BCUT2D eigenvalue weighted by atomic mass is 9.83. The monoisotopic (exact) mass is 312 g/mol. The predicted octanol–water partition coefficient (Wildman–Crippen LogP) is 2.40. The Morgan fingerprint density at radius 2 is 2.04 bits per heavy atom. The fraction of sp³-hybridized carbons (Fsp3) is 0.444. The van der Waals surface area contributed by atoms with Crippen LogP contribution in [0.5, 0.6) is 0 Å². The van der Waals surface area contributed by atoms with Gasteiger partial charge in [0.05, 0.1) is 11.9 Å². The van der Waals surface area contributed by atoms with Crippen molar-refractivity contribution in [2.45, 2.75) is 44.7 Å². The van der Waals surface area contributed by atoms with Crippen LogP contribution < -0.4 is 11.1 Å².